The van der Waals surface area contributed by atoms with Gasteiger partial charge in [-0.05, 0) is 49.2 Å². The molecule has 8 heteroatoms. The van der Waals surface area contributed by atoms with E-state index in [1.807, 2.05) is 25.1 Å². The van der Waals surface area contributed by atoms with Crippen LogP contribution in [-0.2, 0) is 10.0 Å². The van der Waals surface area contributed by atoms with Crippen LogP contribution in [0.15, 0.2) is 47.4 Å². The van der Waals surface area contributed by atoms with Crippen molar-refractivity contribution in [3.05, 3.63) is 53.1 Å². The van der Waals surface area contributed by atoms with Crippen molar-refractivity contribution >= 4 is 38.9 Å². The van der Waals surface area contributed by atoms with Gasteiger partial charge >= 0.3 is 0 Å². The Labute approximate surface area is 171 Å². The summed E-state index contributed by atoms with van der Waals surface area (Å²) in [4.78, 5) is 14.5. The lowest BCUT2D eigenvalue weighted by molar-refractivity contribution is 0.102. The van der Waals surface area contributed by atoms with Crippen LogP contribution in [0.3, 0.4) is 0 Å². The lowest BCUT2D eigenvalue weighted by Crippen LogP contribution is -2.35. The van der Waals surface area contributed by atoms with Crippen LogP contribution in [0.5, 0.6) is 0 Å². The number of anilines is 2. The van der Waals surface area contributed by atoms with Crippen molar-refractivity contribution in [1.29, 1.82) is 0 Å². The van der Waals surface area contributed by atoms with Crippen molar-refractivity contribution in [1.82, 2.24) is 4.31 Å². The molecule has 0 aliphatic carbocycles. The van der Waals surface area contributed by atoms with Crippen LogP contribution in [0.25, 0.3) is 0 Å². The zero-order valence-electron chi connectivity index (χ0n) is 16.0. The molecule has 1 heterocycles. The predicted octanol–water partition coefficient (Wildman–Crippen LogP) is 3.83. The first-order chi connectivity index (χ1) is 13.3. The maximum Gasteiger partial charge on any atom is 0.255 e. The second-order valence-corrected chi connectivity index (χ2v) is 9.32. The summed E-state index contributed by atoms with van der Waals surface area (Å²) in [6, 6.07) is 11.7. The molecule has 0 spiro atoms. The number of rotatable bonds is 5. The third-order valence-corrected chi connectivity index (χ3v) is 7.13. The maximum absolute atomic E-state index is 13.0. The molecule has 0 bridgehead atoms. The molecule has 2 aromatic carbocycles. The zero-order chi connectivity index (χ0) is 20.3. The Morgan fingerprint density at radius 2 is 1.79 bits per heavy atom. The minimum absolute atomic E-state index is 0.0240. The van der Waals surface area contributed by atoms with E-state index in [2.05, 4.69) is 5.32 Å². The van der Waals surface area contributed by atoms with Gasteiger partial charge in [0.25, 0.3) is 5.91 Å². The molecule has 150 valence electrons. The topological polar surface area (TPSA) is 69.7 Å². The molecule has 0 aromatic heterocycles. The van der Waals surface area contributed by atoms with Crippen LogP contribution < -0.4 is 10.2 Å². The number of sulfonamides is 1. The number of hydrogen-bond acceptors (Lipinski definition) is 4. The summed E-state index contributed by atoms with van der Waals surface area (Å²) in [5.41, 5.74) is 1.78. The number of benzene rings is 2. The molecular weight excluding hydrogens is 398 g/mol. The van der Waals surface area contributed by atoms with Gasteiger partial charge in [-0.25, -0.2) is 8.42 Å². The van der Waals surface area contributed by atoms with E-state index in [9.17, 15) is 13.2 Å². The summed E-state index contributed by atoms with van der Waals surface area (Å²) in [6.45, 7) is 0.985. The van der Waals surface area contributed by atoms with Crippen LogP contribution in [0.1, 0.15) is 29.6 Å². The molecule has 1 amide bonds. The van der Waals surface area contributed by atoms with Crippen LogP contribution in [0, 0.1) is 0 Å². The van der Waals surface area contributed by atoms with Gasteiger partial charge < -0.3 is 10.2 Å². The van der Waals surface area contributed by atoms with Crippen LogP contribution in [0.4, 0.5) is 11.4 Å². The van der Waals surface area contributed by atoms with E-state index in [-0.39, 0.29) is 15.8 Å². The van der Waals surface area contributed by atoms with Crippen LogP contribution in [-0.4, -0.2) is 45.8 Å². The fourth-order valence-electron chi connectivity index (χ4n) is 3.15. The van der Waals surface area contributed by atoms with E-state index in [0.717, 1.165) is 24.9 Å². The second kappa shape index (κ2) is 8.51. The van der Waals surface area contributed by atoms with Crippen molar-refractivity contribution in [3.8, 4) is 0 Å². The fourth-order valence-corrected chi connectivity index (χ4v) is 5.17. The van der Waals surface area contributed by atoms with Crippen LogP contribution in [0.2, 0.25) is 5.02 Å². The summed E-state index contributed by atoms with van der Waals surface area (Å²) in [6.07, 6.45) is 2.72. The molecule has 2 aromatic rings. The molecule has 0 unspecified atom stereocenters. The van der Waals surface area contributed by atoms with Gasteiger partial charge in [0.05, 0.1) is 5.02 Å². The van der Waals surface area contributed by atoms with E-state index in [1.54, 1.807) is 24.3 Å². The minimum Gasteiger partial charge on any atom is -0.378 e. The number of hydrogen-bond donors (Lipinski definition) is 1. The first kappa shape index (κ1) is 20.6. The SMILES string of the molecule is CN(C)c1cccc(C(=O)Nc2ccc(Cl)c(S(=O)(=O)N3CCCCC3)c2)c1. The molecule has 0 saturated carbocycles. The Morgan fingerprint density at radius 1 is 1.07 bits per heavy atom. The van der Waals surface area contributed by atoms with E-state index in [4.69, 9.17) is 11.6 Å². The van der Waals surface area contributed by atoms with Gasteiger partial charge in [0.2, 0.25) is 10.0 Å². The normalized spacial score (nSPS) is 15.2. The molecular formula is C20H24ClN3O3S. The summed E-state index contributed by atoms with van der Waals surface area (Å²) in [5, 5.41) is 2.92. The predicted molar refractivity (Wildman–Crippen MR) is 113 cm³/mol. The molecule has 1 fully saturated rings. The lowest BCUT2D eigenvalue weighted by Gasteiger charge is -2.26. The van der Waals surface area contributed by atoms with Crippen LogP contribution >= 0.6 is 11.6 Å². The van der Waals surface area contributed by atoms with Crippen molar-refractivity contribution in [2.45, 2.75) is 24.2 Å². The van der Waals surface area contributed by atoms with Gasteiger partial charge in [-0.1, -0.05) is 24.1 Å². The van der Waals surface area contributed by atoms with Crippen molar-refractivity contribution in [2.24, 2.45) is 0 Å². The maximum atomic E-state index is 13.0. The summed E-state index contributed by atoms with van der Waals surface area (Å²) in [5.74, 6) is -0.313. The average molecular weight is 422 g/mol. The first-order valence-corrected chi connectivity index (χ1v) is 11.0. The fraction of sp³-hybridized carbons (Fsp3) is 0.350. The van der Waals surface area contributed by atoms with E-state index in [0.29, 0.717) is 24.3 Å². The van der Waals surface area contributed by atoms with Gasteiger partial charge in [-0.15, -0.1) is 0 Å². The molecule has 0 radical (unpaired) electrons. The van der Waals surface area contributed by atoms with Crippen molar-refractivity contribution < 1.29 is 13.2 Å². The van der Waals surface area contributed by atoms with Gasteiger partial charge in [-0.3, -0.25) is 4.79 Å². The highest BCUT2D eigenvalue weighted by molar-refractivity contribution is 7.89. The molecule has 1 saturated heterocycles. The molecule has 1 aliphatic heterocycles. The summed E-state index contributed by atoms with van der Waals surface area (Å²) >= 11 is 6.19. The van der Waals surface area contributed by atoms with E-state index >= 15 is 0 Å². The van der Waals surface area contributed by atoms with Gasteiger partial charge in [0, 0.05) is 44.1 Å². The molecule has 1 aliphatic rings. The summed E-state index contributed by atoms with van der Waals surface area (Å²) < 4.78 is 27.4. The number of carbonyl (C=O) groups excluding carboxylic acids is 1. The smallest absolute Gasteiger partial charge is 0.255 e. The third-order valence-electron chi connectivity index (χ3n) is 4.75. The Balaban J connectivity index is 1.85. The highest BCUT2D eigenvalue weighted by Gasteiger charge is 2.28. The molecule has 3 rings (SSSR count). The number of nitrogens with one attached hydrogen (secondary N) is 1. The van der Waals surface area contributed by atoms with Crippen molar-refractivity contribution in [3.63, 3.8) is 0 Å². The Hall–Kier alpha value is -2.09. The first-order valence-electron chi connectivity index (χ1n) is 9.17. The number of nitrogens with zero attached hydrogens (tertiary/aromatic N) is 2. The molecule has 0 atom stereocenters. The highest BCUT2D eigenvalue weighted by atomic mass is 35.5. The number of piperidine rings is 1. The number of amides is 1. The quantitative estimate of drug-likeness (QED) is 0.796. The number of carbonyl (C=O) groups is 1. The van der Waals surface area contributed by atoms with E-state index in [1.165, 1.54) is 16.4 Å². The monoisotopic (exact) mass is 421 g/mol. The second-order valence-electron chi connectivity index (χ2n) is 7.01. The third kappa shape index (κ3) is 4.48. The van der Waals surface area contributed by atoms with E-state index < -0.39 is 10.0 Å². The Kier molecular flexibility index (Phi) is 6.27. The average Bonchev–Trinajstić information content (AvgIpc) is 2.70. The molecule has 6 nitrogen and oxygen atoms in total. The molecule has 28 heavy (non-hydrogen) atoms. The lowest BCUT2D eigenvalue weighted by atomic mass is 10.1. The molecule has 1 N–H and O–H groups in total. The van der Waals surface area contributed by atoms with Gasteiger partial charge in [0.15, 0.2) is 0 Å². The largest absolute Gasteiger partial charge is 0.378 e. The Morgan fingerprint density at radius 3 is 2.46 bits per heavy atom. The Bertz CT molecular complexity index is 970. The van der Waals surface area contributed by atoms with Gasteiger partial charge in [0.1, 0.15) is 4.90 Å². The zero-order valence-corrected chi connectivity index (χ0v) is 17.6. The standard InChI is InChI=1S/C20H24ClN3O3S/c1-23(2)17-8-6-7-15(13-17)20(25)22-16-9-10-18(21)19(14-16)28(26,27)24-11-4-3-5-12-24/h6-10,13-14H,3-5,11-12H2,1-2H3,(H,22,25). The highest BCUT2D eigenvalue weighted by Crippen LogP contribution is 2.29. The summed E-state index contributed by atoms with van der Waals surface area (Å²) in [7, 11) is 0.103. The van der Waals surface area contributed by atoms with Crippen molar-refractivity contribution in [2.75, 3.05) is 37.4 Å². The minimum atomic E-state index is -3.69. The van der Waals surface area contributed by atoms with Gasteiger partial charge in [-0.2, -0.15) is 4.31 Å². The number of halogens is 1.